The number of oxazole rings is 1. The quantitative estimate of drug-likeness (QED) is 0.864. The second kappa shape index (κ2) is 8.70. The number of aromatic nitrogens is 1. The highest BCUT2D eigenvalue weighted by Crippen LogP contribution is 2.27. The number of nitrogens with one attached hydrogen (secondary N) is 1. The topological polar surface area (TPSA) is 58.4 Å². The molecule has 2 atom stereocenters. The van der Waals surface area contributed by atoms with E-state index in [2.05, 4.69) is 15.2 Å². The Balaban J connectivity index is 1.37. The van der Waals surface area contributed by atoms with Gasteiger partial charge < -0.3 is 14.6 Å². The Bertz CT molecular complexity index is 721. The third kappa shape index (κ3) is 4.59. The van der Waals surface area contributed by atoms with Crippen LogP contribution in [0.15, 0.2) is 41.3 Å². The first-order chi connectivity index (χ1) is 13.3. The largest absolute Gasteiger partial charge is 0.444 e. The fourth-order valence-corrected chi connectivity index (χ4v) is 4.49. The summed E-state index contributed by atoms with van der Waals surface area (Å²) < 4.78 is 5.31. The molecule has 4 rings (SSSR count). The molecule has 1 saturated carbocycles. The van der Waals surface area contributed by atoms with Crippen LogP contribution in [0.25, 0.3) is 11.3 Å². The number of carbonyl (C=O) groups is 1. The number of likely N-dealkylation sites (tertiary alicyclic amines) is 1. The first-order valence-electron chi connectivity index (χ1n) is 10.3. The molecule has 5 heteroatoms. The molecule has 2 aromatic rings. The molecule has 1 aromatic heterocycles. The van der Waals surface area contributed by atoms with Crippen molar-refractivity contribution in [3.63, 3.8) is 0 Å². The van der Waals surface area contributed by atoms with E-state index in [0.717, 1.165) is 24.3 Å². The molecule has 1 saturated heterocycles. The van der Waals surface area contributed by atoms with Gasteiger partial charge in [-0.15, -0.1) is 0 Å². The van der Waals surface area contributed by atoms with Crippen LogP contribution in [0.3, 0.4) is 0 Å². The fraction of sp³-hybridized carbons (Fsp3) is 0.545. The molecule has 2 aliphatic rings. The molecule has 1 amide bonds. The lowest BCUT2D eigenvalue weighted by atomic mass is 9.83. The van der Waals surface area contributed by atoms with Crippen molar-refractivity contribution in [2.45, 2.75) is 51.0 Å². The third-order valence-corrected chi connectivity index (χ3v) is 6.03. The number of hydrogen-bond donors (Lipinski definition) is 1. The van der Waals surface area contributed by atoms with E-state index in [9.17, 15) is 4.79 Å². The van der Waals surface area contributed by atoms with Crippen molar-refractivity contribution in [3.05, 3.63) is 42.4 Å². The Morgan fingerprint density at radius 3 is 2.59 bits per heavy atom. The smallest absolute Gasteiger partial charge is 0.251 e. The van der Waals surface area contributed by atoms with Crippen molar-refractivity contribution in [2.24, 2.45) is 5.92 Å². The van der Waals surface area contributed by atoms with E-state index in [1.165, 1.54) is 58.0 Å². The molecule has 2 fully saturated rings. The Morgan fingerprint density at radius 1 is 1.07 bits per heavy atom. The van der Waals surface area contributed by atoms with E-state index in [1.807, 2.05) is 24.3 Å². The van der Waals surface area contributed by atoms with Crippen LogP contribution in [0.2, 0.25) is 0 Å². The highest BCUT2D eigenvalue weighted by molar-refractivity contribution is 5.94. The van der Waals surface area contributed by atoms with Crippen LogP contribution in [-0.2, 0) is 0 Å². The molecule has 0 bridgehead atoms. The Morgan fingerprint density at radius 2 is 1.85 bits per heavy atom. The average molecular weight is 367 g/mol. The van der Waals surface area contributed by atoms with E-state index in [1.54, 1.807) is 6.20 Å². The minimum atomic E-state index is 0.0367. The summed E-state index contributed by atoms with van der Waals surface area (Å²) in [7, 11) is 0. The van der Waals surface area contributed by atoms with Crippen LogP contribution in [0, 0.1) is 5.92 Å². The summed E-state index contributed by atoms with van der Waals surface area (Å²) in [4.78, 5) is 19.3. The molecule has 0 radical (unpaired) electrons. The van der Waals surface area contributed by atoms with Crippen LogP contribution in [0.4, 0.5) is 0 Å². The van der Waals surface area contributed by atoms with E-state index >= 15 is 0 Å². The van der Waals surface area contributed by atoms with Gasteiger partial charge in [-0.2, -0.15) is 0 Å². The van der Waals surface area contributed by atoms with Crippen molar-refractivity contribution in [3.8, 4) is 11.3 Å². The van der Waals surface area contributed by atoms with Crippen molar-refractivity contribution < 1.29 is 9.21 Å². The molecule has 0 spiro atoms. The Kier molecular flexibility index (Phi) is 5.87. The van der Waals surface area contributed by atoms with Crippen molar-refractivity contribution >= 4 is 5.91 Å². The zero-order valence-electron chi connectivity index (χ0n) is 15.9. The number of rotatable bonds is 5. The Labute approximate surface area is 161 Å². The average Bonchev–Trinajstić information content (AvgIpc) is 3.25. The maximum Gasteiger partial charge on any atom is 0.251 e. The van der Waals surface area contributed by atoms with E-state index in [0.29, 0.717) is 17.5 Å². The van der Waals surface area contributed by atoms with E-state index < -0.39 is 0 Å². The lowest BCUT2D eigenvalue weighted by Crippen LogP contribution is -2.47. The van der Waals surface area contributed by atoms with Crippen LogP contribution in [-0.4, -0.2) is 41.5 Å². The molecular weight excluding hydrogens is 338 g/mol. The monoisotopic (exact) mass is 367 g/mol. The molecule has 1 aliphatic carbocycles. The van der Waals surface area contributed by atoms with Crippen LogP contribution in [0.5, 0.6) is 0 Å². The summed E-state index contributed by atoms with van der Waals surface area (Å²) in [5.74, 6) is 1.33. The standard InChI is InChI=1S/C22H29N3O2/c26-22(18-10-8-17(9-11-18)21-14-23-16-27-21)24-20-7-3-2-6-19(20)15-25-12-4-1-5-13-25/h8-11,14,16,19-20H,1-7,12-13,15H2,(H,24,26). The summed E-state index contributed by atoms with van der Waals surface area (Å²) in [5.41, 5.74) is 1.64. The number of hydrogen-bond acceptors (Lipinski definition) is 4. The Hall–Kier alpha value is -2.14. The van der Waals surface area contributed by atoms with Gasteiger partial charge in [0, 0.05) is 23.7 Å². The second-order valence-electron chi connectivity index (χ2n) is 7.93. The summed E-state index contributed by atoms with van der Waals surface area (Å²) >= 11 is 0. The molecule has 1 N–H and O–H groups in total. The van der Waals surface area contributed by atoms with Gasteiger partial charge in [0.15, 0.2) is 12.2 Å². The molecule has 144 valence electrons. The van der Waals surface area contributed by atoms with Crippen LogP contribution >= 0.6 is 0 Å². The highest BCUT2D eigenvalue weighted by Gasteiger charge is 2.28. The number of nitrogens with zero attached hydrogens (tertiary/aromatic N) is 2. The number of amides is 1. The van der Waals surface area contributed by atoms with E-state index in [4.69, 9.17) is 4.42 Å². The zero-order chi connectivity index (χ0) is 18.5. The minimum absolute atomic E-state index is 0.0367. The molecule has 5 nitrogen and oxygen atoms in total. The predicted octanol–water partition coefficient (Wildman–Crippen LogP) is 4.12. The molecule has 2 unspecified atom stereocenters. The fourth-order valence-electron chi connectivity index (χ4n) is 4.49. The second-order valence-corrected chi connectivity index (χ2v) is 7.93. The maximum atomic E-state index is 12.8. The van der Waals surface area contributed by atoms with Crippen molar-refractivity contribution in [1.82, 2.24) is 15.2 Å². The summed E-state index contributed by atoms with van der Waals surface area (Å²) in [6, 6.07) is 7.87. The molecule has 27 heavy (non-hydrogen) atoms. The van der Waals surface area contributed by atoms with Crippen LogP contribution < -0.4 is 5.32 Å². The summed E-state index contributed by atoms with van der Waals surface area (Å²) in [5, 5.41) is 3.33. The van der Waals surface area contributed by atoms with E-state index in [-0.39, 0.29) is 5.91 Å². The van der Waals surface area contributed by atoms with Gasteiger partial charge in [-0.1, -0.05) is 31.4 Å². The van der Waals surface area contributed by atoms with Crippen LogP contribution in [0.1, 0.15) is 55.3 Å². The van der Waals surface area contributed by atoms with Gasteiger partial charge in [0.25, 0.3) is 5.91 Å². The minimum Gasteiger partial charge on any atom is -0.444 e. The summed E-state index contributed by atoms with van der Waals surface area (Å²) in [6.45, 7) is 3.58. The normalized spacial score (nSPS) is 23.9. The van der Waals surface area contributed by atoms with Gasteiger partial charge in [-0.25, -0.2) is 4.98 Å². The molecule has 2 heterocycles. The maximum absolute atomic E-state index is 12.8. The zero-order valence-corrected chi connectivity index (χ0v) is 15.9. The summed E-state index contributed by atoms with van der Waals surface area (Å²) in [6.07, 6.45) is 11.9. The SMILES string of the molecule is O=C(NC1CCCCC1CN1CCCCC1)c1ccc(-c2cnco2)cc1. The number of benzene rings is 1. The lowest BCUT2D eigenvalue weighted by Gasteiger charge is -2.37. The molecule has 1 aromatic carbocycles. The molecule has 1 aliphatic heterocycles. The van der Waals surface area contributed by atoms with Gasteiger partial charge in [-0.3, -0.25) is 4.79 Å². The van der Waals surface area contributed by atoms with Gasteiger partial charge >= 0.3 is 0 Å². The third-order valence-electron chi connectivity index (χ3n) is 6.03. The lowest BCUT2D eigenvalue weighted by molar-refractivity contribution is 0.0877. The first-order valence-corrected chi connectivity index (χ1v) is 10.3. The highest BCUT2D eigenvalue weighted by atomic mass is 16.3. The first kappa shape index (κ1) is 18.2. The predicted molar refractivity (Wildman–Crippen MR) is 105 cm³/mol. The van der Waals surface area contributed by atoms with Gasteiger partial charge in [-0.05, 0) is 56.8 Å². The van der Waals surface area contributed by atoms with Crippen molar-refractivity contribution in [1.29, 1.82) is 0 Å². The van der Waals surface area contributed by atoms with Crippen molar-refractivity contribution in [2.75, 3.05) is 19.6 Å². The van der Waals surface area contributed by atoms with Gasteiger partial charge in [0.05, 0.1) is 6.20 Å². The van der Waals surface area contributed by atoms with Gasteiger partial charge in [0.1, 0.15) is 0 Å². The number of piperidine rings is 1. The number of carbonyl (C=O) groups excluding carboxylic acids is 1. The van der Waals surface area contributed by atoms with Gasteiger partial charge in [0.2, 0.25) is 0 Å². The molecular formula is C22H29N3O2.